The lowest BCUT2D eigenvalue weighted by Crippen LogP contribution is -2.18. The SMILES string of the molecule is CC(CO)CNc1snc(N)c1C(N)=O. The maximum Gasteiger partial charge on any atom is 0.255 e. The summed E-state index contributed by atoms with van der Waals surface area (Å²) >= 11 is 1.09. The molecule has 0 saturated carbocycles. The average molecular weight is 230 g/mol. The van der Waals surface area contributed by atoms with Gasteiger partial charge in [-0.25, -0.2) is 0 Å². The normalized spacial score (nSPS) is 12.4. The number of nitrogens with one attached hydrogen (secondary N) is 1. The molecular formula is C8H14N4O2S. The molecule has 1 atom stereocenters. The van der Waals surface area contributed by atoms with Crippen molar-refractivity contribution in [3.8, 4) is 0 Å². The molecule has 6 nitrogen and oxygen atoms in total. The Morgan fingerprint density at radius 1 is 1.73 bits per heavy atom. The molecule has 1 unspecified atom stereocenters. The van der Waals surface area contributed by atoms with E-state index in [0.717, 1.165) is 11.5 Å². The number of nitrogens with zero attached hydrogens (tertiary/aromatic N) is 1. The maximum absolute atomic E-state index is 11.0. The lowest BCUT2D eigenvalue weighted by Gasteiger charge is -2.09. The molecule has 0 bridgehead atoms. The van der Waals surface area contributed by atoms with E-state index in [0.29, 0.717) is 11.5 Å². The number of amides is 1. The lowest BCUT2D eigenvalue weighted by molar-refractivity contribution is 0.100. The van der Waals surface area contributed by atoms with Crippen LogP contribution in [0.3, 0.4) is 0 Å². The van der Waals surface area contributed by atoms with Crippen LogP contribution in [0.25, 0.3) is 0 Å². The van der Waals surface area contributed by atoms with Crippen molar-refractivity contribution in [2.75, 3.05) is 24.2 Å². The zero-order valence-electron chi connectivity index (χ0n) is 8.36. The average Bonchev–Trinajstić information content (AvgIpc) is 2.56. The van der Waals surface area contributed by atoms with Gasteiger partial charge in [-0.2, -0.15) is 4.37 Å². The first-order valence-corrected chi connectivity index (χ1v) is 5.23. The van der Waals surface area contributed by atoms with E-state index in [1.807, 2.05) is 6.92 Å². The summed E-state index contributed by atoms with van der Waals surface area (Å²) in [5, 5.41) is 12.4. The number of nitrogen functional groups attached to an aromatic ring is 1. The van der Waals surface area contributed by atoms with E-state index in [1.165, 1.54) is 0 Å². The van der Waals surface area contributed by atoms with E-state index in [2.05, 4.69) is 9.69 Å². The second kappa shape index (κ2) is 4.94. The number of hydrogen-bond acceptors (Lipinski definition) is 6. The van der Waals surface area contributed by atoms with Gasteiger partial charge >= 0.3 is 0 Å². The van der Waals surface area contributed by atoms with Crippen molar-refractivity contribution in [1.29, 1.82) is 0 Å². The molecule has 0 aromatic carbocycles. The molecule has 0 fully saturated rings. The number of primary amides is 1. The van der Waals surface area contributed by atoms with Crippen LogP contribution >= 0.6 is 11.5 Å². The quantitative estimate of drug-likeness (QED) is 0.562. The van der Waals surface area contributed by atoms with Crippen LogP contribution < -0.4 is 16.8 Å². The third kappa shape index (κ3) is 2.80. The molecule has 15 heavy (non-hydrogen) atoms. The van der Waals surface area contributed by atoms with Gasteiger partial charge in [-0.05, 0) is 17.5 Å². The van der Waals surface area contributed by atoms with Crippen molar-refractivity contribution in [2.45, 2.75) is 6.92 Å². The first-order chi connectivity index (χ1) is 7.06. The summed E-state index contributed by atoms with van der Waals surface area (Å²) in [5.74, 6) is -0.360. The molecule has 1 rings (SSSR count). The van der Waals surface area contributed by atoms with Gasteiger partial charge in [-0.1, -0.05) is 6.92 Å². The van der Waals surface area contributed by atoms with Crippen molar-refractivity contribution >= 4 is 28.3 Å². The highest BCUT2D eigenvalue weighted by Gasteiger charge is 2.16. The lowest BCUT2D eigenvalue weighted by atomic mass is 10.2. The molecule has 0 aliphatic rings. The smallest absolute Gasteiger partial charge is 0.255 e. The molecule has 84 valence electrons. The Labute approximate surface area is 91.4 Å². The molecular weight excluding hydrogens is 216 g/mol. The van der Waals surface area contributed by atoms with Gasteiger partial charge in [0.25, 0.3) is 5.91 Å². The monoisotopic (exact) mass is 230 g/mol. The summed E-state index contributed by atoms with van der Waals surface area (Å²) in [6, 6.07) is 0. The number of aromatic nitrogens is 1. The molecule has 0 radical (unpaired) electrons. The number of aliphatic hydroxyl groups is 1. The molecule has 0 saturated heterocycles. The van der Waals surface area contributed by atoms with Crippen LogP contribution in [-0.2, 0) is 0 Å². The summed E-state index contributed by atoms with van der Waals surface area (Å²) in [6.45, 7) is 2.49. The Kier molecular flexibility index (Phi) is 3.87. The van der Waals surface area contributed by atoms with Crippen molar-refractivity contribution in [3.63, 3.8) is 0 Å². The van der Waals surface area contributed by atoms with Crippen LogP contribution in [0.1, 0.15) is 17.3 Å². The van der Waals surface area contributed by atoms with Crippen LogP contribution in [-0.4, -0.2) is 28.5 Å². The van der Waals surface area contributed by atoms with Crippen LogP contribution in [0.2, 0.25) is 0 Å². The molecule has 6 N–H and O–H groups in total. The predicted molar refractivity (Wildman–Crippen MR) is 59.8 cm³/mol. The number of nitrogens with two attached hydrogens (primary N) is 2. The second-order valence-electron chi connectivity index (χ2n) is 3.30. The molecule has 0 aliphatic heterocycles. The zero-order chi connectivity index (χ0) is 11.4. The standard InChI is InChI=1S/C8H14N4O2S/c1-4(3-13)2-11-8-5(7(10)14)6(9)12-15-8/h4,11,13H,2-3H2,1H3,(H2,9,12)(H2,10,14). The minimum Gasteiger partial charge on any atom is -0.396 e. The zero-order valence-corrected chi connectivity index (χ0v) is 9.17. The van der Waals surface area contributed by atoms with Crippen LogP contribution in [0, 0.1) is 5.92 Å². The fourth-order valence-corrected chi connectivity index (χ4v) is 1.72. The molecule has 1 heterocycles. The molecule has 1 amide bonds. The highest BCUT2D eigenvalue weighted by atomic mass is 32.1. The number of carbonyl (C=O) groups excluding carboxylic acids is 1. The van der Waals surface area contributed by atoms with E-state index in [-0.39, 0.29) is 23.9 Å². The Morgan fingerprint density at radius 3 is 2.93 bits per heavy atom. The fraction of sp³-hybridized carbons (Fsp3) is 0.500. The fourth-order valence-electron chi connectivity index (χ4n) is 0.993. The molecule has 1 aromatic heterocycles. The third-order valence-corrected chi connectivity index (χ3v) is 2.71. The van der Waals surface area contributed by atoms with E-state index >= 15 is 0 Å². The Bertz CT molecular complexity index is 352. The molecule has 0 aliphatic carbocycles. The van der Waals surface area contributed by atoms with Crippen LogP contribution in [0.15, 0.2) is 0 Å². The Hall–Kier alpha value is -1.34. The van der Waals surface area contributed by atoms with Gasteiger partial charge in [-0.3, -0.25) is 4.79 Å². The molecule has 1 aromatic rings. The number of rotatable bonds is 5. The highest BCUT2D eigenvalue weighted by Crippen LogP contribution is 2.26. The van der Waals surface area contributed by atoms with Gasteiger partial charge in [0, 0.05) is 13.2 Å². The largest absolute Gasteiger partial charge is 0.396 e. The highest BCUT2D eigenvalue weighted by molar-refractivity contribution is 7.11. The van der Waals surface area contributed by atoms with Gasteiger partial charge in [0.05, 0.1) is 0 Å². The van der Waals surface area contributed by atoms with Crippen molar-refractivity contribution in [3.05, 3.63) is 5.56 Å². The van der Waals surface area contributed by atoms with Gasteiger partial charge in [0.15, 0.2) is 5.82 Å². The van der Waals surface area contributed by atoms with Crippen molar-refractivity contribution in [2.24, 2.45) is 11.7 Å². The predicted octanol–water partition coefficient (Wildman–Crippen LogP) is -0.136. The van der Waals surface area contributed by atoms with Crippen LogP contribution in [0.5, 0.6) is 0 Å². The third-order valence-electron chi connectivity index (χ3n) is 1.89. The van der Waals surface area contributed by atoms with E-state index in [9.17, 15) is 4.79 Å². The first-order valence-electron chi connectivity index (χ1n) is 4.46. The Balaban J connectivity index is 2.73. The summed E-state index contributed by atoms with van der Waals surface area (Å²) in [4.78, 5) is 11.0. The van der Waals surface area contributed by atoms with Crippen LogP contribution in [0.4, 0.5) is 10.8 Å². The minimum atomic E-state index is -0.597. The number of aliphatic hydroxyl groups excluding tert-OH is 1. The maximum atomic E-state index is 11.0. The van der Waals surface area contributed by atoms with E-state index < -0.39 is 5.91 Å². The molecule has 7 heteroatoms. The van der Waals surface area contributed by atoms with Gasteiger partial charge in [0.1, 0.15) is 10.6 Å². The number of anilines is 2. The van der Waals surface area contributed by atoms with Gasteiger partial charge < -0.3 is 21.9 Å². The molecule has 0 spiro atoms. The first kappa shape index (κ1) is 11.7. The minimum absolute atomic E-state index is 0.0766. The summed E-state index contributed by atoms with van der Waals surface area (Å²) in [7, 11) is 0. The Morgan fingerprint density at radius 2 is 2.40 bits per heavy atom. The van der Waals surface area contributed by atoms with Crippen molar-refractivity contribution in [1.82, 2.24) is 4.37 Å². The van der Waals surface area contributed by atoms with E-state index in [4.69, 9.17) is 16.6 Å². The number of carbonyl (C=O) groups is 1. The summed E-state index contributed by atoms with van der Waals surface area (Å²) in [6.07, 6.45) is 0. The summed E-state index contributed by atoms with van der Waals surface area (Å²) < 4.78 is 3.84. The number of hydrogen-bond donors (Lipinski definition) is 4. The summed E-state index contributed by atoms with van der Waals surface area (Å²) in [5.41, 5.74) is 10.9. The topological polar surface area (TPSA) is 114 Å². The van der Waals surface area contributed by atoms with Gasteiger partial charge in [-0.15, -0.1) is 0 Å². The second-order valence-corrected chi connectivity index (χ2v) is 4.08. The van der Waals surface area contributed by atoms with E-state index in [1.54, 1.807) is 0 Å². The van der Waals surface area contributed by atoms with Gasteiger partial charge in [0.2, 0.25) is 0 Å². The van der Waals surface area contributed by atoms with Crippen molar-refractivity contribution < 1.29 is 9.90 Å².